The van der Waals surface area contributed by atoms with Crippen LogP contribution >= 0.6 is 0 Å². The van der Waals surface area contributed by atoms with Crippen LogP contribution in [0.5, 0.6) is 0 Å². The average molecular weight is 299 g/mol. The summed E-state index contributed by atoms with van der Waals surface area (Å²) >= 11 is 0. The summed E-state index contributed by atoms with van der Waals surface area (Å²) in [5.74, 6) is 0.657. The number of nitrogens with zero attached hydrogens (tertiary/aromatic N) is 1. The van der Waals surface area contributed by atoms with E-state index in [1.165, 1.54) is 25.7 Å². The smallest absolute Gasteiger partial charge is 0.241 e. The van der Waals surface area contributed by atoms with Gasteiger partial charge in [0.2, 0.25) is 10.0 Å². The Kier molecular flexibility index (Phi) is 4.62. The summed E-state index contributed by atoms with van der Waals surface area (Å²) in [5, 5.41) is 12.3. The number of pyridine rings is 1. The predicted octanol–water partition coefficient (Wildman–Crippen LogP) is 0.954. The Balaban J connectivity index is 1.98. The molecule has 0 radical (unpaired) electrons. The third-order valence-corrected chi connectivity index (χ3v) is 5.42. The van der Waals surface area contributed by atoms with E-state index in [4.69, 9.17) is 5.11 Å². The highest BCUT2D eigenvalue weighted by molar-refractivity contribution is 7.89. The minimum absolute atomic E-state index is 0.152. The van der Waals surface area contributed by atoms with Gasteiger partial charge < -0.3 is 10.4 Å². The van der Waals surface area contributed by atoms with Crippen molar-refractivity contribution in [1.82, 2.24) is 9.71 Å². The Hall–Kier alpha value is -1.18. The lowest BCUT2D eigenvalue weighted by Crippen LogP contribution is -2.37. The number of aromatic nitrogens is 1. The fourth-order valence-electron chi connectivity index (χ4n) is 2.47. The number of anilines is 1. The lowest BCUT2D eigenvalue weighted by molar-refractivity contribution is 0.102. The molecule has 1 heterocycles. The summed E-state index contributed by atoms with van der Waals surface area (Å²) in [4.78, 5) is 4.27. The second-order valence-electron chi connectivity index (χ2n) is 5.27. The van der Waals surface area contributed by atoms with Crippen molar-refractivity contribution >= 4 is 15.8 Å². The first kappa shape index (κ1) is 15.2. The third kappa shape index (κ3) is 3.28. The molecule has 0 unspecified atom stereocenters. The zero-order valence-corrected chi connectivity index (χ0v) is 12.4. The molecule has 0 bridgehead atoms. The van der Waals surface area contributed by atoms with E-state index in [-0.39, 0.29) is 16.9 Å². The topological polar surface area (TPSA) is 91.3 Å². The number of hydrogen-bond donors (Lipinski definition) is 3. The van der Waals surface area contributed by atoms with Gasteiger partial charge >= 0.3 is 0 Å². The van der Waals surface area contributed by atoms with E-state index in [1.807, 2.05) is 0 Å². The van der Waals surface area contributed by atoms with E-state index in [0.717, 1.165) is 25.8 Å². The van der Waals surface area contributed by atoms with Crippen molar-refractivity contribution in [2.45, 2.75) is 30.6 Å². The minimum atomic E-state index is -3.43. The molecule has 6 nitrogen and oxygen atoms in total. The lowest BCUT2D eigenvalue weighted by atomic mass is 9.67. The fraction of sp³-hybridized carbons (Fsp3) is 0.615. The quantitative estimate of drug-likeness (QED) is 0.697. The van der Waals surface area contributed by atoms with Crippen molar-refractivity contribution in [3.8, 4) is 0 Å². The van der Waals surface area contributed by atoms with Gasteiger partial charge in [-0.25, -0.2) is 18.1 Å². The molecule has 0 saturated heterocycles. The van der Waals surface area contributed by atoms with Gasteiger partial charge in [0, 0.05) is 19.3 Å². The molecule has 112 valence electrons. The molecule has 0 atom stereocenters. The van der Waals surface area contributed by atoms with Crippen LogP contribution in [0.4, 0.5) is 5.82 Å². The van der Waals surface area contributed by atoms with Gasteiger partial charge in [-0.2, -0.15) is 0 Å². The zero-order valence-electron chi connectivity index (χ0n) is 11.6. The van der Waals surface area contributed by atoms with E-state index < -0.39 is 10.0 Å². The van der Waals surface area contributed by atoms with Crippen LogP contribution in [-0.4, -0.2) is 38.7 Å². The number of nitrogens with one attached hydrogen (secondary N) is 2. The van der Waals surface area contributed by atoms with Gasteiger partial charge in [-0.3, -0.25) is 0 Å². The molecule has 0 aliphatic heterocycles. The van der Waals surface area contributed by atoms with Crippen LogP contribution in [0.2, 0.25) is 0 Å². The molecule has 20 heavy (non-hydrogen) atoms. The van der Waals surface area contributed by atoms with Gasteiger partial charge in [-0.05, 0) is 43.9 Å². The normalized spacial score (nSPS) is 17.5. The molecule has 3 N–H and O–H groups in total. The molecule has 1 aliphatic carbocycles. The maximum Gasteiger partial charge on any atom is 0.241 e. The second kappa shape index (κ2) is 6.07. The standard InChI is InChI=1S/C13H21N3O3S/c1-14-20(18,19)11-3-4-12(15-9-11)16-10-13(7-8-17)5-2-6-13/h3-4,9,14,17H,2,5-8,10H2,1H3,(H,15,16). The average Bonchev–Trinajstić information content (AvgIpc) is 2.42. The van der Waals surface area contributed by atoms with E-state index in [1.54, 1.807) is 6.07 Å². The van der Waals surface area contributed by atoms with Crippen molar-refractivity contribution in [1.29, 1.82) is 0 Å². The predicted molar refractivity (Wildman–Crippen MR) is 77.0 cm³/mol. The van der Waals surface area contributed by atoms with Gasteiger partial charge in [0.05, 0.1) is 0 Å². The highest BCUT2D eigenvalue weighted by Crippen LogP contribution is 2.43. The SMILES string of the molecule is CNS(=O)(=O)c1ccc(NCC2(CCO)CCC2)nc1. The van der Waals surface area contributed by atoms with Crippen LogP contribution in [0, 0.1) is 5.41 Å². The van der Waals surface area contributed by atoms with Gasteiger partial charge in [-0.1, -0.05) is 6.42 Å². The molecule has 1 aromatic heterocycles. The fourth-order valence-corrected chi connectivity index (χ4v) is 3.14. The lowest BCUT2D eigenvalue weighted by Gasteiger charge is -2.41. The van der Waals surface area contributed by atoms with Gasteiger partial charge in [0.15, 0.2) is 0 Å². The van der Waals surface area contributed by atoms with Gasteiger partial charge in [0.1, 0.15) is 10.7 Å². The third-order valence-electron chi connectivity index (χ3n) is 4.02. The highest BCUT2D eigenvalue weighted by atomic mass is 32.2. The monoisotopic (exact) mass is 299 g/mol. The summed E-state index contributed by atoms with van der Waals surface area (Å²) in [6.45, 7) is 0.965. The zero-order chi connectivity index (χ0) is 14.6. The van der Waals surface area contributed by atoms with Crippen LogP contribution in [0.1, 0.15) is 25.7 Å². The van der Waals surface area contributed by atoms with Crippen molar-refractivity contribution in [2.24, 2.45) is 5.41 Å². The Labute approximate surface area is 119 Å². The maximum absolute atomic E-state index is 11.6. The van der Waals surface area contributed by atoms with Crippen LogP contribution in [0.25, 0.3) is 0 Å². The molecule has 7 heteroatoms. The molecule has 1 saturated carbocycles. The van der Waals surface area contributed by atoms with E-state index in [9.17, 15) is 8.42 Å². The molecule has 0 spiro atoms. The highest BCUT2D eigenvalue weighted by Gasteiger charge is 2.36. The summed E-state index contributed by atoms with van der Waals surface area (Å²) < 4.78 is 25.4. The maximum atomic E-state index is 11.6. The molecule has 0 amide bonds. The van der Waals surface area contributed by atoms with Crippen LogP contribution < -0.4 is 10.0 Å². The van der Waals surface area contributed by atoms with E-state index in [2.05, 4.69) is 15.0 Å². The first-order chi connectivity index (χ1) is 9.51. The van der Waals surface area contributed by atoms with Crippen molar-refractivity contribution in [2.75, 3.05) is 25.5 Å². The van der Waals surface area contributed by atoms with Crippen LogP contribution in [-0.2, 0) is 10.0 Å². The number of aliphatic hydroxyl groups is 1. The summed E-state index contributed by atoms with van der Waals surface area (Å²) in [5.41, 5.74) is 0.173. The summed E-state index contributed by atoms with van der Waals surface area (Å²) in [6.07, 6.45) is 5.58. The number of rotatable bonds is 7. The van der Waals surface area contributed by atoms with Crippen LogP contribution in [0.3, 0.4) is 0 Å². The summed E-state index contributed by atoms with van der Waals surface area (Å²) in [7, 11) is -2.06. The summed E-state index contributed by atoms with van der Waals surface area (Å²) in [6, 6.07) is 3.19. The Bertz CT molecular complexity index is 538. The molecule has 1 aliphatic rings. The first-order valence-corrected chi connectivity index (χ1v) is 8.24. The number of hydrogen-bond acceptors (Lipinski definition) is 5. The molecular formula is C13H21N3O3S. The van der Waals surface area contributed by atoms with Gasteiger partial charge in [-0.15, -0.1) is 0 Å². The van der Waals surface area contributed by atoms with Crippen molar-refractivity contribution < 1.29 is 13.5 Å². The van der Waals surface area contributed by atoms with E-state index >= 15 is 0 Å². The Morgan fingerprint density at radius 3 is 2.60 bits per heavy atom. The first-order valence-electron chi connectivity index (χ1n) is 6.76. The second-order valence-corrected chi connectivity index (χ2v) is 7.15. The molecule has 1 aromatic rings. The largest absolute Gasteiger partial charge is 0.396 e. The number of aliphatic hydroxyl groups excluding tert-OH is 1. The Morgan fingerprint density at radius 2 is 2.15 bits per heavy atom. The minimum Gasteiger partial charge on any atom is -0.396 e. The molecular weight excluding hydrogens is 278 g/mol. The van der Waals surface area contributed by atoms with Crippen molar-refractivity contribution in [3.63, 3.8) is 0 Å². The van der Waals surface area contributed by atoms with Gasteiger partial charge in [0.25, 0.3) is 0 Å². The molecule has 0 aromatic carbocycles. The van der Waals surface area contributed by atoms with Crippen LogP contribution in [0.15, 0.2) is 23.2 Å². The molecule has 1 fully saturated rings. The van der Waals surface area contributed by atoms with E-state index in [0.29, 0.717) is 5.82 Å². The molecule has 2 rings (SSSR count). The Morgan fingerprint density at radius 1 is 1.40 bits per heavy atom. The number of sulfonamides is 1. The van der Waals surface area contributed by atoms with Crippen molar-refractivity contribution in [3.05, 3.63) is 18.3 Å².